The molecule has 1 aliphatic rings. The van der Waals surface area contributed by atoms with E-state index in [-0.39, 0.29) is 23.5 Å². The van der Waals surface area contributed by atoms with E-state index in [0.717, 1.165) is 6.42 Å². The number of anilines is 1. The van der Waals surface area contributed by atoms with Crippen molar-refractivity contribution in [3.8, 4) is 0 Å². The first-order valence-corrected chi connectivity index (χ1v) is 8.16. The molecule has 0 N–H and O–H groups in total. The molecule has 2 rings (SSSR count). The van der Waals surface area contributed by atoms with Crippen molar-refractivity contribution in [1.29, 1.82) is 0 Å². The fourth-order valence-corrected chi connectivity index (χ4v) is 3.89. The number of methoxy groups -OCH3 is 1. The average molecular weight is 303 g/mol. The third-order valence-corrected chi connectivity index (χ3v) is 4.79. The van der Waals surface area contributed by atoms with E-state index in [1.54, 1.807) is 0 Å². The van der Waals surface area contributed by atoms with Gasteiger partial charge >= 0.3 is 5.97 Å². The zero-order chi connectivity index (χ0) is 16.7. The van der Waals surface area contributed by atoms with Gasteiger partial charge in [0.25, 0.3) is 0 Å². The lowest BCUT2D eigenvalue weighted by molar-refractivity contribution is -0.143. The van der Waals surface area contributed by atoms with Crippen LogP contribution < -0.4 is 4.90 Å². The molecule has 1 aliphatic heterocycles. The van der Waals surface area contributed by atoms with Crippen molar-refractivity contribution in [2.45, 2.75) is 65.5 Å². The monoisotopic (exact) mass is 303 g/mol. The van der Waals surface area contributed by atoms with Crippen molar-refractivity contribution in [1.82, 2.24) is 0 Å². The number of aryl methyl sites for hydroxylation is 1. The van der Waals surface area contributed by atoms with Crippen molar-refractivity contribution in [3.05, 3.63) is 29.3 Å². The highest BCUT2D eigenvalue weighted by Crippen LogP contribution is 2.45. The largest absolute Gasteiger partial charge is 0.467 e. The summed E-state index contributed by atoms with van der Waals surface area (Å²) in [6, 6.07) is 6.33. The molecule has 0 saturated carbocycles. The molecule has 0 unspecified atom stereocenters. The first-order valence-electron chi connectivity index (χ1n) is 8.16. The first kappa shape index (κ1) is 16.9. The molecule has 0 bridgehead atoms. The SMILES string of the molecule is COC(=O)[C@H](C(C)C)N1c2cc(C)ccc2[C@H](C)CC1(C)C. The molecule has 22 heavy (non-hydrogen) atoms. The van der Waals surface area contributed by atoms with E-state index in [1.807, 2.05) is 0 Å². The lowest BCUT2D eigenvalue weighted by Gasteiger charge is -2.51. The molecule has 2 atom stereocenters. The third kappa shape index (κ3) is 2.86. The fourth-order valence-electron chi connectivity index (χ4n) is 3.89. The van der Waals surface area contributed by atoms with Gasteiger partial charge in [0.15, 0.2) is 0 Å². The molecule has 1 aromatic carbocycles. The highest BCUT2D eigenvalue weighted by molar-refractivity contribution is 5.82. The normalized spacial score (nSPS) is 21.5. The summed E-state index contributed by atoms with van der Waals surface area (Å²) in [6.07, 6.45) is 1.03. The molecule has 122 valence electrons. The van der Waals surface area contributed by atoms with Crippen LogP contribution in [0.3, 0.4) is 0 Å². The predicted molar refractivity (Wildman–Crippen MR) is 91.4 cm³/mol. The molecule has 0 saturated heterocycles. The van der Waals surface area contributed by atoms with Crippen LogP contribution in [-0.2, 0) is 9.53 Å². The van der Waals surface area contributed by atoms with Crippen LogP contribution in [0.5, 0.6) is 0 Å². The van der Waals surface area contributed by atoms with Gasteiger partial charge in [-0.2, -0.15) is 0 Å². The molecular formula is C19H29NO2. The fraction of sp³-hybridized carbons (Fsp3) is 0.632. The van der Waals surface area contributed by atoms with Crippen LogP contribution in [0.4, 0.5) is 5.69 Å². The van der Waals surface area contributed by atoms with E-state index in [0.29, 0.717) is 5.92 Å². The maximum atomic E-state index is 12.5. The van der Waals surface area contributed by atoms with Gasteiger partial charge < -0.3 is 9.64 Å². The topological polar surface area (TPSA) is 29.5 Å². The number of benzene rings is 1. The van der Waals surface area contributed by atoms with E-state index < -0.39 is 0 Å². The summed E-state index contributed by atoms with van der Waals surface area (Å²) < 4.78 is 5.11. The number of carbonyl (C=O) groups excluding carboxylic acids is 1. The Labute approximate surface area is 134 Å². The summed E-state index contributed by atoms with van der Waals surface area (Å²) in [5.41, 5.74) is 3.66. The molecule has 0 amide bonds. The predicted octanol–water partition coefficient (Wildman–Crippen LogP) is 4.28. The zero-order valence-electron chi connectivity index (χ0n) is 14.9. The van der Waals surface area contributed by atoms with Gasteiger partial charge in [0.2, 0.25) is 0 Å². The van der Waals surface area contributed by atoms with Crippen molar-refractivity contribution in [2.75, 3.05) is 12.0 Å². The number of fused-ring (bicyclic) bond motifs is 1. The summed E-state index contributed by atoms with van der Waals surface area (Å²) in [4.78, 5) is 14.8. The molecule has 0 radical (unpaired) electrons. The number of hydrogen-bond donors (Lipinski definition) is 0. The minimum absolute atomic E-state index is 0.0800. The summed E-state index contributed by atoms with van der Waals surface area (Å²) >= 11 is 0. The van der Waals surface area contributed by atoms with Crippen LogP contribution in [0.25, 0.3) is 0 Å². The molecule has 3 heteroatoms. The van der Waals surface area contributed by atoms with E-state index in [4.69, 9.17) is 4.74 Å². The van der Waals surface area contributed by atoms with Crippen LogP contribution in [0, 0.1) is 12.8 Å². The minimum Gasteiger partial charge on any atom is -0.467 e. The molecule has 0 fully saturated rings. The average Bonchev–Trinajstić information content (AvgIpc) is 2.41. The molecule has 0 spiro atoms. The van der Waals surface area contributed by atoms with Crippen molar-refractivity contribution < 1.29 is 9.53 Å². The highest BCUT2D eigenvalue weighted by Gasteiger charge is 2.43. The zero-order valence-corrected chi connectivity index (χ0v) is 14.9. The summed E-state index contributed by atoms with van der Waals surface area (Å²) in [6.45, 7) is 13.0. The molecule has 1 aromatic rings. The van der Waals surface area contributed by atoms with Gasteiger partial charge in [-0.3, -0.25) is 0 Å². The molecule has 0 aliphatic carbocycles. The second-order valence-electron chi connectivity index (χ2n) is 7.56. The molecule has 1 heterocycles. The molecular weight excluding hydrogens is 274 g/mol. The Balaban J connectivity index is 2.63. The third-order valence-electron chi connectivity index (χ3n) is 4.79. The van der Waals surface area contributed by atoms with Crippen molar-refractivity contribution in [3.63, 3.8) is 0 Å². The van der Waals surface area contributed by atoms with Gasteiger partial charge in [0.1, 0.15) is 6.04 Å². The molecule has 0 aromatic heterocycles. The Morgan fingerprint density at radius 2 is 2.00 bits per heavy atom. The number of esters is 1. The minimum atomic E-state index is -0.256. The number of hydrogen-bond acceptors (Lipinski definition) is 3. The lowest BCUT2D eigenvalue weighted by atomic mass is 9.77. The van der Waals surface area contributed by atoms with Gasteiger partial charge in [-0.05, 0) is 56.2 Å². The highest BCUT2D eigenvalue weighted by atomic mass is 16.5. The van der Waals surface area contributed by atoms with E-state index >= 15 is 0 Å². The Kier molecular flexibility index (Phi) is 4.55. The standard InChI is InChI=1S/C19H29NO2/c1-12(2)17(18(21)22-7)20-16-10-13(3)8-9-15(16)14(4)11-19(20,5)6/h8-10,12,14,17H,11H2,1-7H3/t14-,17+/m1/s1. The Morgan fingerprint density at radius 3 is 2.55 bits per heavy atom. The summed E-state index contributed by atoms with van der Waals surface area (Å²) in [5, 5.41) is 0. The molecule has 3 nitrogen and oxygen atoms in total. The van der Waals surface area contributed by atoms with Gasteiger partial charge in [-0.1, -0.05) is 32.9 Å². The van der Waals surface area contributed by atoms with Crippen molar-refractivity contribution >= 4 is 11.7 Å². The Bertz CT molecular complexity index is 563. The Morgan fingerprint density at radius 1 is 1.36 bits per heavy atom. The number of carbonyl (C=O) groups is 1. The smallest absolute Gasteiger partial charge is 0.328 e. The van der Waals surface area contributed by atoms with Crippen LogP contribution in [-0.4, -0.2) is 24.7 Å². The van der Waals surface area contributed by atoms with E-state index in [9.17, 15) is 4.79 Å². The second-order valence-corrected chi connectivity index (χ2v) is 7.56. The van der Waals surface area contributed by atoms with Gasteiger partial charge in [-0.25, -0.2) is 4.79 Å². The van der Waals surface area contributed by atoms with Crippen molar-refractivity contribution in [2.24, 2.45) is 5.92 Å². The maximum absolute atomic E-state index is 12.5. The number of rotatable bonds is 3. The van der Waals surface area contributed by atoms with Gasteiger partial charge in [0, 0.05) is 11.2 Å². The second kappa shape index (κ2) is 5.94. The first-order chi connectivity index (χ1) is 10.2. The number of ether oxygens (including phenoxy) is 1. The lowest BCUT2D eigenvalue weighted by Crippen LogP contribution is -2.58. The maximum Gasteiger partial charge on any atom is 0.328 e. The van der Waals surface area contributed by atoms with E-state index in [2.05, 4.69) is 64.6 Å². The quantitative estimate of drug-likeness (QED) is 0.780. The summed E-state index contributed by atoms with van der Waals surface area (Å²) in [5.74, 6) is 0.533. The van der Waals surface area contributed by atoms with Gasteiger partial charge in [-0.15, -0.1) is 0 Å². The Hall–Kier alpha value is -1.51. The van der Waals surface area contributed by atoms with Crippen LogP contribution in [0.2, 0.25) is 0 Å². The van der Waals surface area contributed by atoms with E-state index in [1.165, 1.54) is 23.9 Å². The number of nitrogens with zero attached hydrogens (tertiary/aromatic N) is 1. The summed E-state index contributed by atoms with van der Waals surface area (Å²) in [7, 11) is 1.48. The van der Waals surface area contributed by atoms with Crippen LogP contribution in [0.15, 0.2) is 18.2 Å². The van der Waals surface area contributed by atoms with Crippen LogP contribution >= 0.6 is 0 Å². The van der Waals surface area contributed by atoms with Crippen LogP contribution in [0.1, 0.15) is 58.1 Å². The van der Waals surface area contributed by atoms with Gasteiger partial charge in [0.05, 0.1) is 7.11 Å².